The highest BCUT2D eigenvalue weighted by Crippen LogP contribution is 2.43. The monoisotopic (exact) mass is 346 g/mol. The van der Waals surface area contributed by atoms with Crippen LogP contribution in [-0.2, 0) is 16.1 Å². The molecule has 6 heteroatoms. The van der Waals surface area contributed by atoms with Crippen LogP contribution in [0.15, 0.2) is 24.3 Å². The third-order valence-corrected chi connectivity index (χ3v) is 5.36. The second kappa shape index (κ2) is 7.14. The average Bonchev–Trinajstić information content (AvgIpc) is 3.45. The Morgan fingerprint density at radius 2 is 2.04 bits per heavy atom. The minimum absolute atomic E-state index is 0.0117. The predicted molar refractivity (Wildman–Crippen MR) is 93.4 cm³/mol. The number of rotatable bonds is 6. The van der Waals surface area contributed by atoms with E-state index in [0.29, 0.717) is 19.1 Å². The summed E-state index contributed by atoms with van der Waals surface area (Å²) in [6, 6.07) is 6.35. The SMILES string of the molecule is CC(C(=O)NCc1ccc(C(=O)O)cc1)N1CCOC(C)(C2CC2)C1. The first-order valence-electron chi connectivity index (χ1n) is 8.87. The van der Waals surface area contributed by atoms with E-state index in [1.54, 1.807) is 24.3 Å². The molecule has 2 atom stereocenters. The quantitative estimate of drug-likeness (QED) is 0.822. The van der Waals surface area contributed by atoms with Crippen LogP contribution in [0.25, 0.3) is 0 Å². The average molecular weight is 346 g/mol. The van der Waals surface area contributed by atoms with Crippen molar-refractivity contribution >= 4 is 11.9 Å². The number of amides is 1. The number of hydrogen-bond donors (Lipinski definition) is 2. The Labute approximate surface area is 148 Å². The molecule has 1 aliphatic carbocycles. The molecule has 1 amide bonds. The van der Waals surface area contributed by atoms with Crippen LogP contribution in [0, 0.1) is 5.92 Å². The van der Waals surface area contributed by atoms with Crippen molar-refractivity contribution in [2.24, 2.45) is 5.92 Å². The van der Waals surface area contributed by atoms with Crippen molar-refractivity contribution in [1.82, 2.24) is 10.2 Å². The normalized spacial score (nSPS) is 25.4. The number of carbonyl (C=O) groups excluding carboxylic acids is 1. The summed E-state index contributed by atoms with van der Waals surface area (Å²) in [6.45, 7) is 6.71. The van der Waals surface area contributed by atoms with Gasteiger partial charge in [0.15, 0.2) is 0 Å². The van der Waals surface area contributed by atoms with E-state index in [1.807, 2.05) is 6.92 Å². The van der Waals surface area contributed by atoms with Gasteiger partial charge in [-0.3, -0.25) is 9.69 Å². The van der Waals surface area contributed by atoms with Crippen LogP contribution in [0.5, 0.6) is 0 Å². The molecule has 1 saturated carbocycles. The zero-order valence-electron chi connectivity index (χ0n) is 14.8. The molecule has 0 aromatic heterocycles. The molecule has 2 N–H and O–H groups in total. The lowest BCUT2D eigenvalue weighted by Gasteiger charge is -2.43. The number of morpholine rings is 1. The molecule has 2 unspecified atom stereocenters. The lowest BCUT2D eigenvalue weighted by molar-refractivity contribution is -0.139. The number of hydrogen-bond acceptors (Lipinski definition) is 4. The Morgan fingerprint density at radius 1 is 1.36 bits per heavy atom. The maximum atomic E-state index is 12.5. The summed E-state index contributed by atoms with van der Waals surface area (Å²) in [7, 11) is 0. The fourth-order valence-electron chi connectivity index (χ4n) is 3.46. The molecule has 1 saturated heterocycles. The zero-order valence-corrected chi connectivity index (χ0v) is 14.8. The lowest BCUT2D eigenvalue weighted by Crippen LogP contribution is -2.57. The maximum Gasteiger partial charge on any atom is 0.335 e. The first kappa shape index (κ1) is 17.9. The summed E-state index contributed by atoms with van der Waals surface area (Å²) in [5, 5.41) is 11.9. The third-order valence-electron chi connectivity index (χ3n) is 5.36. The number of carboxylic acid groups (broad SMARTS) is 1. The standard InChI is InChI=1S/C19H26N2O4/c1-13(21-9-10-25-19(2,12-21)16-7-8-16)17(22)20-11-14-3-5-15(6-4-14)18(23)24/h3-6,13,16H,7-12H2,1-2H3,(H,20,22)(H,23,24). The van der Waals surface area contributed by atoms with Crippen LogP contribution < -0.4 is 5.32 Å². The van der Waals surface area contributed by atoms with Gasteiger partial charge in [-0.1, -0.05) is 12.1 Å². The number of benzene rings is 1. The van der Waals surface area contributed by atoms with Gasteiger partial charge in [0, 0.05) is 19.6 Å². The van der Waals surface area contributed by atoms with Crippen LogP contribution in [0.4, 0.5) is 0 Å². The lowest BCUT2D eigenvalue weighted by atomic mass is 9.97. The summed E-state index contributed by atoms with van der Waals surface area (Å²) in [4.78, 5) is 25.6. The minimum atomic E-state index is -0.949. The van der Waals surface area contributed by atoms with Crippen molar-refractivity contribution in [3.8, 4) is 0 Å². The van der Waals surface area contributed by atoms with Gasteiger partial charge in [-0.05, 0) is 50.3 Å². The summed E-state index contributed by atoms with van der Waals surface area (Å²) >= 11 is 0. The van der Waals surface area contributed by atoms with Crippen LogP contribution in [-0.4, -0.2) is 53.2 Å². The number of carbonyl (C=O) groups is 2. The molecule has 1 heterocycles. The van der Waals surface area contributed by atoms with Gasteiger partial charge in [0.05, 0.1) is 23.8 Å². The molecule has 1 aromatic rings. The molecular weight excluding hydrogens is 320 g/mol. The number of nitrogens with one attached hydrogen (secondary N) is 1. The number of aromatic carboxylic acids is 1. The highest BCUT2D eigenvalue weighted by Gasteiger charge is 2.46. The highest BCUT2D eigenvalue weighted by atomic mass is 16.5. The van der Waals surface area contributed by atoms with Gasteiger partial charge in [0.25, 0.3) is 0 Å². The molecular formula is C19H26N2O4. The topological polar surface area (TPSA) is 78.9 Å². The van der Waals surface area contributed by atoms with Crippen LogP contribution in [0.3, 0.4) is 0 Å². The van der Waals surface area contributed by atoms with Crippen LogP contribution in [0.2, 0.25) is 0 Å². The maximum absolute atomic E-state index is 12.5. The van der Waals surface area contributed by atoms with Crippen molar-refractivity contribution in [2.45, 2.75) is 44.9 Å². The van der Waals surface area contributed by atoms with E-state index in [4.69, 9.17) is 9.84 Å². The van der Waals surface area contributed by atoms with Crippen molar-refractivity contribution < 1.29 is 19.4 Å². The fourth-order valence-corrected chi connectivity index (χ4v) is 3.46. The predicted octanol–water partition coefficient (Wildman–Crippen LogP) is 1.89. The first-order valence-corrected chi connectivity index (χ1v) is 8.87. The van der Waals surface area contributed by atoms with Gasteiger partial charge in [0.1, 0.15) is 0 Å². The Bertz CT molecular complexity index is 641. The van der Waals surface area contributed by atoms with Gasteiger partial charge in [-0.15, -0.1) is 0 Å². The van der Waals surface area contributed by atoms with E-state index >= 15 is 0 Å². The second-order valence-corrected chi connectivity index (χ2v) is 7.30. The summed E-state index contributed by atoms with van der Waals surface area (Å²) in [5.74, 6) is -0.337. The van der Waals surface area contributed by atoms with Gasteiger partial charge in [0.2, 0.25) is 5.91 Å². The van der Waals surface area contributed by atoms with E-state index in [0.717, 1.165) is 18.7 Å². The summed E-state index contributed by atoms with van der Waals surface area (Å²) < 4.78 is 5.99. The molecule has 136 valence electrons. The largest absolute Gasteiger partial charge is 0.478 e. The van der Waals surface area contributed by atoms with Crippen molar-refractivity contribution in [3.05, 3.63) is 35.4 Å². The number of ether oxygens (including phenoxy) is 1. The van der Waals surface area contributed by atoms with Gasteiger partial charge in [-0.25, -0.2) is 4.79 Å². The molecule has 1 aromatic carbocycles. The molecule has 25 heavy (non-hydrogen) atoms. The van der Waals surface area contributed by atoms with E-state index in [2.05, 4.69) is 17.1 Å². The zero-order chi connectivity index (χ0) is 18.0. The Kier molecular flexibility index (Phi) is 5.11. The molecule has 0 bridgehead atoms. The molecule has 1 aliphatic heterocycles. The first-order chi connectivity index (χ1) is 11.9. The highest BCUT2D eigenvalue weighted by molar-refractivity contribution is 5.87. The van der Waals surface area contributed by atoms with Crippen molar-refractivity contribution in [1.29, 1.82) is 0 Å². The van der Waals surface area contributed by atoms with Crippen LogP contribution >= 0.6 is 0 Å². The Hall–Kier alpha value is -1.92. The van der Waals surface area contributed by atoms with Gasteiger partial charge >= 0.3 is 5.97 Å². The molecule has 2 aliphatic rings. The van der Waals surface area contributed by atoms with E-state index in [-0.39, 0.29) is 23.1 Å². The number of carboxylic acids is 1. The fraction of sp³-hybridized carbons (Fsp3) is 0.579. The van der Waals surface area contributed by atoms with Crippen LogP contribution in [0.1, 0.15) is 42.6 Å². The summed E-state index contributed by atoms with van der Waals surface area (Å²) in [5.41, 5.74) is 1.01. The van der Waals surface area contributed by atoms with Crippen molar-refractivity contribution in [3.63, 3.8) is 0 Å². The summed E-state index contributed by atoms with van der Waals surface area (Å²) in [6.07, 6.45) is 2.44. The van der Waals surface area contributed by atoms with Crippen molar-refractivity contribution in [2.75, 3.05) is 19.7 Å². The van der Waals surface area contributed by atoms with E-state index < -0.39 is 5.97 Å². The second-order valence-electron chi connectivity index (χ2n) is 7.30. The van der Waals surface area contributed by atoms with Gasteiger partial charge in [-0.2, -0.15) is 0 Å². The van der Waals surface area contributed by atoms with Gasteiger partial charge < -0.3 is 15.2 Å². The van der Waals surface area contributed by atoms with E-state index in [9.17, 15) is 9.59 Å². The molecule has 6 nitrogen and oxygen atoms in total. The molecule has 3 rings (SSSR count). The Morgan fingerprint density at radius 3 is 2.64 bits per heavy atom. The van der Waals surface area contributed by atoms with E-state index in [1.165, 1.54) is 12.8 Å². The minimum Gasteiger partial charge on any atom is -0.478 e. The molecule has 0 radical (unpaired) electrons. The smallest absolute Gasteiger partial charge is 0.335 e. The Balaban J connectivity index is 1.52. The third kappa shape index (κ3) is 4.19. The number of nitrogens with zero attached hydrogens (tertiary/aromatic N) is 1. The molecule has 0 spiro atoms. The molecule has 2 fully saturated rings.